The Morgan fingerprint density at radius 3 is 1.32 bits per heavy atom. The molecule has 4 unspecified atom stereocenters. The SMILES string of the molecule is CCCCCCCC(C(=O)O)C(CCN)O[P+](=O)OC(CCN)C(CCCCCCC)C(=O)O. The van der Waals surface area contributed by atoms with E-state index in [-0.39, 0.29) is 25.9 Å². The van der Waals surface area contributed by atoms with Crippen LogP contribution in [0.3, 0.4) is 0 Å². The van der Waals surface area contributed by atoms with Crippen molar-refractivity contribution in [2.45, 2.75) is 116 Å². The van der Waals surface area contributed by atoms with Crippen molar-refractivity contribution < 1.29 is 33.4 Å². The van der Waals surface area contributed by atoms with Gasteiger partial charge in [-0.25, -0.2) is 0 Å². The zero-order valence-corrected chi connectivity index (χ0v) is 22.1. The Kier molecular flexibility index (Phi) is 20.5. The molecule has 0 aromatic carbocycles. The topological polar surface area (TPSA) is 162 Å². The van der Waals surface area contributed by atoms with Crippen LogP contribution in [-0.4, -0.2) is 47.4 Å². The molecule has 0 heterocycles. The summed E-state index contributed by atoms with van der Waals surface area (Å²) in [6, 6.07) is 0. The minimum absolute atomic E-state index is 0.176. The third-order valence-electron chi connectivity index (χ3n) is 6.11. The van der Waals surface area contributed by atoms with E-state index in [1.54, 1.807) is 0 Å². The van der Waals surface area contributed by atoms with Gasteiger partial charge in [-0.15, -0.1) is 9.05 Å². The number of carboxylic acid groups (broad SMARTS) is 2. The Bertz CT molecular complexity index is 519. The lowest BCUT2D eigenvalue weighted by Gasteiger charge is -2.21. The highest BCUT2D eigenvalue weighted by Gasteiger charge is 2.41. The van der Waals surface area contributed by atoms with Gasteiger partial charge in [-0.3, -0.25) is 9.59 Å². The van der Waals surface area contributed by atoms with Gasteiger partial charge in [0.25, 0.3) is 0 Å². The second-order valence-electron chi connectivity index (χ2n) is 8.96. The fourth-order valence-corrected chi connectivity index (χ4v) is 5.10. The van der Waals surface area contributed by atoms with Crippen LogP contribution in [0.5, 0.6) is 0 Å². The third-order valence-corrected chi connectivity index (χ3v) is 7.00. The highest BCUT2D eigenvalue weighted by atomic mass is 31.1. The van der Waals surface area contributed by atoms with Gasteiger partial charge in [0.05, 0.1) is 11.8 Å². The van der Waals surface area contributed by atoms with Crippen molar-refractivity contribution in [3.63, 3.8) is 0 Å². The number of rotatable bonds is 24. The quantitative estimate of drug-likeness (QED) is 0.101. The summed E-state index contributed by atoms with van der Waals surface area (Å²) in [5.41, 5.74) is 11.3. The Labute approximate surface area is 206 Å². The third kappa shape index (κ3) is 15.0. The van der Waals surface area contributed by atoms with Crippen molar-refractivity contribution in [1.82, 2.24) is 0 Å². The number of carboxylic acids is 2. The van der Waals surface area contributed by atoms with Crippen molar-refractivity contribution in [3.8, 4) is 0 Å². The summed E-state index contributed by atoms with van der Waals surface area (Å²) in [5.74, 6) is -3.75. The molecule has 0 amide bonds. The molecule has 6 N–H and O–H groups in total. The molecule has 9 nitrogen and oxygen atoms in total. The molecule has 0 saturated heterocycles. The van der Waals surface area contributed by atoms with Gasteiger partial charge in [0.2, 0.25) is 0 Å². The number of hydrogen-bond acceptors (Lipinski definition) is 7. The average Bonchev–Trinajstić information content (AvgIpc) is 2.77. The fraction of sp³-hybridized carbons (Fsp3) is 0.917. The van der Waals surface area contributed by atoms with Crippen LogP contribution in [0.2, 0.25) is 0 Å². The Balaban J connectivity index is 5.11. The Morgan fingerprint density at radius 1 is 0.676 bits per heavy atom. The normalized spacial score (nSPS) is 15.5. The predicted molar refractivity (Wildman–Crippen MR) is 134 cm³/mol. The first-order chi connectivity index (χ1) is 16.3. The molecule has 0 fully saturated rings. The fourth-order valence-electron chi connectivity index (χ4n) is 4.10. The minimum atomic E-state index is -2.73. The smallest absolute Gasteiger partial charge is 0.481 e. The maximum absolute atomic E-state index is 12.7. The van der Waals surface area contributed by atoms with Gasteiger partial charge >= 0.3 is 20.2 Å². The first-order valence-corrected chi connectivity index (χ1v) is 14.1. The van der Waals surface area contributed by atoms with Gasteiger partial charge in [-0.1, -0.05) is 78.1 Å². The van der Waals surface area contributed by atoms with Crippen LogP contribution in [0.25, 0.3) is 0 Å². The average molecular weight is 508 g/mol. The summed E-state index contributed by atoms with van der Waals surface area (Å²) < 4.78 is 23.8. The molecular weight excluding hydrogens is 459 g/mol. The molecule has 0 rings (SSSR count). The second kappa shape index (κ2) is 21.2. The van der Waals surface area contributed by atoms with Crippen LogP contribution in [0.15, 0.2) is 0 Å². The molecule has 0 aliphatic heterocycles. The molecule has 0 aliphatic carbocycles. The van der Waals surface area contributed by atoms with Gasteiger partial charge in [0.15, 0.2) is 0 Å². The monoisotopic (exact) mass is 507 g/mol. The molecular formula is C24H48N2O7P+. The van der Waals surface area contributed by atoms with E-state index in [1.807, 2.05) is 0 Å². The summed E-state index contributed by atoms with van der Waals surface area (Å²) in [6.45, 7) is 4.58. The maximum Gasteiger partial charge on any atom is 0.698 e. The molecule has 0 aromatic heterocycles. The number of aliphatic carboxylic acids is 2. The van der Waals surface area contributed by atoms with E-state index in [2.05, 4.69) is 13.8 Å². The molecule has 4 atom stereocenters. The van der Waals surface area contributed by atoms with Crippen molar-refractivity contribution in [2.75, 3.05) is 13.1 Å². The maximum atomic E-state index is 12.7. The Morgan fingerprint density at radius 2 is 1.03 bits per heavy atom. The number of hydrogen-bond donors (Lipinski definition) is 4. The van der Waals surface area contributed by atoms with Gasteiger partial charge < -0.3 is 21.7 Å². The first-order valence-electron chi connectivity index (χ1n) is 13.0. The summed E-state index contributed by atoms with van der Waals surface area (Å²) in [6.07, 6.45) is 9.29. The van der Waals surface area contributed by atoms with Crippen LogP contribution in [0.4, 0.5) is 0 Å². The van der Waals surface area contributed by atoms with Crippen molar-refractivity contribution in [3.05, 3.63) is 0 Å². The first kappa shape index (κ1) is 32.9. The lowest BCUT2D eigenvalue weighted by molar-refractivity contribution is -0.145. The molecule has 200 valence electrons. The zero-order chi connectivity index (χ0) is 25.8. The van der Waals surface area contributed by atoms with Crippen molar-refractivity contribution in [2.24, 2.45) is 23.3 Å². The van der Waals surface area contributed by atoms with Gasteiger partial charge in [0, 0.05) is 4.57 Å². The van der Waals surface area contributed by atoms with E-state index in [0.717, 1.165) is 64.2 Å². The van der Waals surface area contributed by atoms with E-state index in [9.17, 15) is 24.4 Å². The Hall–Kier alpha value is -1.12. The summed E-state index contributed by atoms with van der Waals surface area (Å²) >= 11 is 0. The molecule has 34 heavy (non-hydrogen) atoms. The second-order valence-corrected chi connectivity index (χ2v) is 9.83. The van der Waals surface area contributed by atoms with Crippen LogP contribution < -0.4 is 11.5 Å². The zero-order valence-electron chi connectivity index (χ0n) is 21.2. The highest BCUT2D eigenvalue weighted by Crippen LogP contribution is 2.36. The number of unbranched alkanes of at least 4 members (excludes halogenated alkanes) is 8. The van der Waals surface area contributed by atoms with Crippen LogP contribution >= 0.6 is 8.25 Å². The molecule has 0 aromatic rings. The van der Waals surface area contributed by atoms with E-state index < -0.39 is 44.2 Å². The summed E-state index contributed by atoms with van der Waals surface area (Å²) in [5, 5.41) is 19.4. The van der Waals surface area contributed by atoms with E-state index in [4.69, 9.17) is 20.5 Å². The predicted octanol–water partition coefficient (Wildman–Crippen LogP) is 5.23. The molecule has 0 bridgehead atoms. The van der Waals surface area contributed by atoms with Crippen LogP contribution in [0, 0.1) is 11.8 Å². The van der Waals surface area contributed by atoms with Crippen LogP contribution in [0.1, 0.15) is 104 Å². The van der Waals surface area contributed by atoms with E-state index in [1.165, 1.54) is 0 Å². The van der Waals surface area contributed by atoms with Crippen molar-refractivity contribution in [1.29, 1.82) is 0 Å². The van der Waals surface area contributed by atoms with Gasteiger partial charge in [0.1, 0.15) is 12.2 Å². The number of nitrogens with two attached hydrogens (primary N) is 2. The molecule has 0 saturated carbocycles. The highest BCUT2D eigenvalue weighted by molar-refractivity contribution is 7.33. The summed E-state index contributed by atoms with van der Waals surface area (Å²) in [7, 11) is -2.73. The van der Waals surface area contributed by atoms with Crippen molar-refractivity contribution >= 4 is 20.2 Å². The molecule has 0 aliphatic rings. The molecule has 0 spiro atoms. The molecule has 10 heteroatoms. The lowest BCUT2D eigenvalue weighted by Crippen LogP contribution is -2.33. The standard InChI is InChI=1S/C24H47N2O7P/c1-3-5-7-9-11-13-19(23(27)28)21(15-17-25)32-34(31)33-22(16-18-26)20(24(29)30)14-12-10-8-6-4-2/h19-22H,3-18,25-26H2,1-2H3,(H-,27,28,29,30)/p+1. The van der Waals surface area contributed by atoms with Gasteiger partial charge in [-0.05, 0) is 38.8 Å². The summed E-state index contributed by atoms with van der Waals surface area (Å²) in [4.78, 5) is 23.8. The minimum Gasteiger partial charge on any atom is -0.481 e. The van der Waals surface area contributed by atoms with Gasteiger partial charge in [-0.2, -0.15) is 0 Å². The van der Waals surface area contributed by atoms with Crippen LogP contribution in [-0.2, 0) is 23.2 Å². The lowest BCUT2D eigenvalue weighted by atomic mass is 9.93. The largest absolute Gasteiger partial charge is 0.698 e. The van der Waals surface area contributed by atoms with E-state index in [0.29, 0.717) is 12.8 Å². The number of carbonyl (C=O) groups is 2. The molecule has 0 radical (unpaired) electrons. The van der Waals surface area contributed by atoms with E-state index >= 15 is 0 Å².